The van der Waals surface area contributed by atoms with Crippen molar-refractivity contribution in [1.29, 1.82) is 0 Å². The van der Waals surface area contributed by atoms with Gasteiger partial charge in [0.25, 0.3) is 0 Å². The lowest BCUT2D eigenvalue weighted by atomic mass is 10.1. The second kappa shape index (κ2) is 7.23. The van der Waals surface area contributed by atoms with Crippen molar-refractivity contribution in [2.75, 3.05) is 18.6 Å². The van der Waals surface area contributed by atoms with E-state index < -0.39 is 9.84 Å². The fraction of sp³-hybridized carbons (Fsp3) is 1.00. The van der Waals surface area contributed by atoms with Crippen LogP contribution in [0.5, 0.6) is 0 Å². The van der Waals surface area contributed by atoms with Crippen molar-refractivity contribution >= 4 is 9.84 Å². The summed E-state index contributed by atoms with van der Waals surface area (Å²) < 4.78 is 21.7. The highest BCUT2D eigenvalue weighted by atomic mass is 32.2. The first kappa shape index (κ1) is 13.9. The first-order valence-electron chi connectivity index (χ1n) is 5.37. The maximum atomic E-state index is 10.8. The summed E-state index contributed by atoms with van der Waals surface area (Å²) in [6.07, 6.45) is 6.13. The van der Waals surface area contributed by atoms with Crippen molar-refractivity contribution < 1.29 is 8.42 Å². The Hall–Kier alpha value is -0.0900. The molecule has 0 aliphatic rings. The molecule has 0 aromatic rings. The van der Waals surface area contributed by atoms with Gasteiger partial charge in [0.2, 0.25) is 0 Å². The van der Waals surface area contributed by atoms with Crippen LogP contribution >= 0.6 is 0 Å². The summed E-state index contributed by atoms with van der Waals surface area (Å²) in [7, 11) is -2.81. The first-order valence-corrected chi connectivity index (χ1v) is 7.43. The van der Waals surface area contributed by atoms with Gasteiger partial charge < -0.3 is 5.32 Å². The number of rotatable bonds is 8. The minimum absolute atomic E-state index is 0.241. The lowest BCUT2D eigenvalue weighted by Crippen LogP contribution is -2.30. The van der Waals surface area contributed by atoms with Gasteiger partial charge in [-0.3, -0.25) is 0 Å². The first-order chi connectivity index (χ1) is 6.45. The van der Waals surface area contributed by atoms with Crippen LogP contribution in [0.2, 0.25) is 0 Å². The summed E-state index contributed by atoms with van der Waals surface area (Å²) in [5.41, 5.74) is 0. The fourth-order valence-corrected chi connectivity index (χ4v) is 1.78. The molecule has 0 amide bonds. The van der Waals surface area contributed by atoms with Gasteiger partial charge in [-0.25, -0.2) is 8.42 Å². The van der Waals surface area contributed by atoms with E-state index in [0.29, 0.717) is 12.6 Å². The molecule has 0 heterocycles. The van der Waals surface area contributed by atoms with Crippen LogP contribution in [0.1, 0.15) is 39.5 Å². The molecule has 0 rings (SSSR count). The van der Waals surface area contributed by atoms with Crippen LogP contribution in [0.4, 0.5) is 0 Å². The maximum absolute atomic E-state index is 10.8. The molecule has 14 heavy (non-hydrogen) atoms. The van der Waals surface area contributed by atoms with Gasteiger partial charge in [-0.1, -0.05) is 26.2 Å². The van der Waals surface area contributed by atoms with Crippen molar-refractivity contribution in [2.45, 2.75) is 45.6 Å². The Labute approximate surface area is 88.2 Å². The third-order valence-corrected chi connectivity index (χ3v) is 3.15. The lowest BCUT2D eigenvalue weighted by Gasteiger charge is -2.12. The molecule has 0 spiro atoms. The molecular weight excluding hydrogens is 198 g/mol. The molecule has 0 saturated heterocycles. The van der Waals surface area contributed by atoms with Crippen molar-refractivity contribution in [3.63, 3.8) is 0 Å². The van der Waals surface area contributed by atoms with Crippen molar-refractivity contribution in [1.82, 2.24) is 5.32 Å². The van der Waals surface area contributed by atoms with Gasteiger partial charge in [0.15, 0.2) is 0 Å². The second-order valence-electron chi connectivity index (χ2n) is 3.98. The molecule has 0 radical (unpaired) electrons. The molecule has 0 aliphatic carbocycles. The lowest BCUT2D eigenvalue weighted by molar-refractivity contribution is 0.498. The van der Waals surface area contributed by atoms with Gasteiger partial charge in [0, 0.05) is 18.8 Å². The van der Waals surface area contributed by atoms with Crippen LogP contribution < -0.4 is 5.32 Å². The van der Waals surface area contributed by atoms with Crippen LogP contribution in [-0.2, 0) is 9.84 Å². The molecule has 1 N–H and O–H groups in total. The van der Waals surface area contributed by atoms with Gasteiger partial charge in [-0.2, -0.15) is 0 Å². The van der Waals surface area contributed by atoms with Crippen LogP contribution in [0, 0.1) is 0 Å². The van der Waals surface area contributed by atoms with Crippen LogP contribution in [0.15, 0.2) is 0 Å². The van der Waals surface area contributed by atoms with E-state index in [1.54, 1.807) is 0 Å². The van der Waals surface area contributed by atoms with Crippen LogP contribution in [0.3, 0.4) is 0 Å². The van der Waals surface area contributed by atoms with E-state index in [-0.39, 0.29) is 5.75 Å². The summed E-state index contributed by atoms with van der Waals surface area (Å²) in [5, 5.41) is 3.22. The third kappa shape index (κ3) is 9.99. The summed E-state index contributed by atoms with van der Waals surface area (Å²) in [5.74, 6) is 0.241. The van der Waals surface area contributed by atoms with Gasteiger partial charge in [0.1, 0.15) is 9.84 Å². The minimum atomic E-state index is -2.81. The Morgan fingerprint density at radius 1 is 1.29 bits per heavy atom. The average Bonchev–Trinajstić information content (AvgIpc) is 2.02. The Kier molecular flexibility index (Phi) is 7.19. The monoisotopic (exact) mass is 221 g/mol. The standard InChI is InChI=1S/C10H23NO2S/c1-4-5-6-7-10(2)11-8-9-14(3,12)13/h10-11H,4-9H2,1-3H3. The zero-order chi connectivity index (χ0) is 11.0. The molecular formula is C10H23NO2S. The topological polar surface area (TPSA) is 46.2 Å². The van der Waals surface area contributed by atoms with E-state index in [4.69, 9.17) is 0 Å². The SMILES string of the molecule is CCCCCC(C)NCCS(C)(=O)=O. The number of hydrogen-bond donors (Lipinski definition) is 1. The number of nitrogens with one attached hydrogen (secondary N) is 1. The molecule has 0 aliphatic heterocycles. The predicted molar refractivity (Wildman–Crippen MR) is 61.3 cm³/mol. The Morgan fingerprint density at radius 3 is 2.43 bits per heavy atom. The van der Waals surface area contributed by atoms with E-state index in [1.807, 2.05) is 0 Å². The van der Waals surface area contributed by atoms with E-state index in [1.165, 1.54) is 25.5 Å². The minimum Gasteiger partial charge on any atom is -0.313 e. The second-order valence-corrected chi connectivity index (χ2v) is 6.24. The highest BCUT2D eigenvalue weighted by Crippen LogP contribution is 2.02. The summed E-state index contributed by atoms with van der Waals surface area (Å²) in [4.78, 5) is 0. The largest absolute Gasteiger partial charge is 0.313 e. The molecule has 4 heteroatoms. The average molecular weight is 221 g/mol. The van der Waals surface area contributed by atoms with E-state index in [9.17, 15) is 8.42 Å². The van der Waals surface area contributed by atoms with Crippen molar-refractivity contribution in [2.24, 2.45) is 0 Å². The zero-order valence-corrected chi connectivity index (χ0v) is 10.4. The summed E-state index contributed by atoms with van der Waals surface area (Å²) >= 11 is 0. The van der Waals surface area contributed by atoms with Crippen molar-refractivity contribution in [3.05, 3.63) is 0 Å². The Bertz CT molecular complexity index is 224. The third-order valence-electron chi connectivity index (χ3n) is 2.21. The van der Waals surface area contributed by atoms with E-state index in [2.05, 4.69) is 19.2 Å². The normalized spacial score (nSPS) is 14.2. The van der Waals surface area contributed by atoms with Gasteiger partial charge in [0.05, 0.1) is 5.75 Å². The fourth-order valence-electron chi connectivity index (χ4n) is 1.29. The molecule has 3 nitrogen and oxygen atoms in total. The zero-order valence-electron chi connectivity index (χ0n) is 9.54. The molecule has 0 bridgehead atoms. The van der Waals surface area contributed by atoms with Gasteiger partial charge in [-0.15, -0.1) is 0 Å². The maximum Gasteiger partial charge on any atom is 0.148 e. The highest BCUT2D eigenvalue weighted by Gasteiger charge is 2.04. The van der Waals surface area contributed by atoms with E-state index in [0.717, 1.165) is 6.42 Å². The quantitative estimate of drug-likeness (QED) is 0.633. The molecule has 0 aromatic carbocycles. The summed E-state index contributed by atoms with van der Waals surface area (Å²) in [6.45, 7) is 4.87. The van der Waals surface area contributed by atoms with Crippen LogP contribution in [0.25, 0.3) is 0 Å². The van der Waals surface area contributed by atoms with E-state index >= 15 is 0 Å². The van der Waals surface area contributed by atoms with Crippen LogP contribution in [-0.4, -0.2) is 33.0 Å². The Morgan fingerprint density at radius 2 is 1.93 bits per heavy atom. The number of unbranched alkanes of at least 4 members (excludes halogenated alkanes) is 2. The molecule has 1 unspecified atom stereocenters. The van der Waals surface area contributed by atoms with Crippen molar-refractivity contribution in [3.8, 4) is 0 Å². The smallest absolute Gasteiger partial charge is 0.148 e. The molecule has 0 fully saturated rings. The predicted octanol–water partition coefficient (Wildman–Crippen LogP) is 1.59. The Balaban J connectivity index is 3.40. The number of hydrogen-bond acceptors (Lipinski definition) is 3. The molecule has 0 aromatic heterocycles. The molecule has 86 valence electrons. The highest BCUT2D eigenvalue weighted by molar-refractivity contribution is 7.90. The van der Waals surface area contributed by atoms with Gasteiger partial charge >= 0.3 is 0 Å². The molecule has 0 saturated carbocycles. The number of sulfone groups is 1. The van der Waals surface area contributed by atoms with Gasteiger partial charge in [-0.05, 0) is 13.3 Å². The summed E-state index contributed by atoms with van der Waals surface area (Å²) in [6, 6.07) is 0.434. The molecule has 1 atom stereocenters.